The second-order valence-corrected chi connectivity index (χ2v) is 7.49. The number of ketones is 1. The van der Waals surface area contributed by atoms with E-state index in [1.807, 2.05) is 50.2 Å². The lowest BCUT2D eigenvalue weighted by molar-refractivity contribution is -0.133. The predicted molar refractivity (Wildman–Crippen MR) is 119 cm³/mol. The number of ether oxygens (including phenoxy) is 1. The molecular weight excluding hydrogens is 390 g/mol. The van der Waals surface area contributed by atoms with Crippen LogP contribution < -0.4 is 0 Å². The van der Waals surface area contributed by atoms with Crippen LogP contribution in [0.5, 0.6) is 0 Å². The molecule has 0 aliphatic carbocycles. The standard InChI is InChI=1S/C26H25NO4/c1-18-12-14-20(15-13-18)25(29)22-10-6-7-11-23(22)26(30)31-17-24(28)27(3)16-21-9-5-4-8-19(21)2/h4-15H,16-17H2,1-3H3. The average molecular weight is 415 g/mol. The lowest BCUT2D eigenvalue weighted by Crippen LogP contribution is -2.31. The molecule has 158 valence electrons. The highest BCUT2D eigenvalue weighted by Crippen LogP contribution is 2.17. The topological polar surface area (TPSA) is 63.7 Å². The van der Waals surface area contributed by atoms with E-state index in [2.05, 4.69) is 0 Å². The lowest BCUT2D eigenvalue weighted by Gasteiger charge is -2.18. The van der Waals surface area contributed by atoms with Crippen molar-refractivity contribution in [3.63, 3.8) is 0 Å². The number of likely N-dealkylation sites (N-methyl/N-ethyl adjacent to an activating group) is 1. The Morgan fingerprint density at radius 2 is 1.42 bits per heavy atom. The highest BCUT2D eigenvalue weighted by Gasteiger charge is 2.20. The Morgan fingerprint density at radius 1 is 0.806 bits per heavy atom. The number of amides is 1. The fourth-order valence-corrected chi connectivity index (χ4v) is 3.17. The lowest BCUT2D eigenvalue weighted by atomic mass is 9.98. The monoisotopic (exact) mass is 415 g/mol. The molecule has 0 radical (unpaired) electrons. The molecule has 3 aromatic rings. The second kappa shape index (κ2) is 9.85. The smallest absolute Gasteiger partial charge is 0.339 e. The Balaban J connectivity index is 1.67. The van der Waals surface area contributed by atoms with E-state index < -0.39 is 12.6 Å². The summed E-state index contributed by atoms with van der Waals surface area (Å²) >= 11 is 0. The average Bonchev–Trinajstić information content (AvgIpc) is 2.78. The molecule has 0 spiro atoms. The number of hydrogen-bond acceptors (Lipinski definition) is 4. The van der Waals surface area contributed by atoms with Crippen LogP contribution in [0.4, 0.5) is 0 Å². The molecule has 31 heavy (non-hydrogen) atoms. The van der Waals surface area contributed by atoms with Crippen LogP contribution in [0, 0.1) is 13.8 Å². The maximum atomic E-state index is 12.9. The van der Waals surface area contributed by atoms with Crippen molar-refractivity contribution in [1.29, 1.82) is 0 Å². The minimum Gasteiger partial charge on any atom is -0.452 e. The molecule has 0 saturated heterocycles. The number of benzene rings is 3. The normalized spacial score (nSPS) is 10.4. The molecule has 1 amide bonds. The Kier molecular flexibility index (Phi) is 6.98. The van der Waals surface area contributed by atoms with Gasteiger partial charge < -0.3 is 9.64 Å². The van der Waals surface area contributed by atoms with Crippen molar-refractivity contribution >= 4 is 17.7 Å². The summed E-state index contributed by atoms with van der Waals surface area (Å²) in [5, 5.41) is 0. The molecule has 0 unspecified atom stereocenters. The Labute approximate surface area is 182 Å². The maximum Gasteiger partial charge on any atom is 0.339 e. The minimum atomic E-state index is -0.700. The van der Waals surface area contributed by atoms with E-state index in [9.17, 15) is 14.4 Å². The SMILES string of the molecule is Cc1ccc(C(=O)c2ccccc2C(=O)OCC(=O)N(C)Cc2ccccc2C)cc1. The van der Waals surface area contributed by atoms with Gasteiger partial charge in [0.2, 0.25) is 0 Å². The molecule has 0 aliphatic heterocycles. The third kappa shape index (κ3) is 5.45. The van der Waals surface area contributed by atoms with Gasteiger partial charge in [0, 0.05) is 24.7 Å². The van der Waals surface area contributed by atoms with Crippen LogP contribution >= 0.6 is 0 Å². The van der Waals surface area contributed by atoms with E-state index in [4.69, 9.17) is 4.74 Å². The van der Waals surface area contributed by atoms with Gasteiger partial charge in [-0.3, -0.25) is 9.59 Å². The summed E-state index contributed by atoms with van der Waals surface area (Å²) < 4.78 is 5.24. The van der Waals surface area contributed by atoms with Crippen LogP contribution in [0.25, 0.3) is 0 Å². The quantitative estimate of drug-likeness (QED) is 0.425. The Morgan fingerprint density at radius 3 is 2.10 bits per heavy atom. The van der Waals surface area contributed by atoms with E-state index in [1.165, 1.54) is 11.0 Å². The number of carbonyl (C=O) groups excluding carboxylic acids is 3. The van der Waals surface area contributed by atoms with Crippen molar-refractivity contribution < 1.29 is 19.1 Å². The molecule has 0 aliphatic rings. The highest BCUT2D eigenvalue weighted by atomic mass is 16.5. The first-order valence-electron chi connectivity index (χ1n) is 10.0. The molecule has 0 saturated carbocycles. The molecule has 3 aromatic carbocycles. The number of carbonyl (C=O) groups is 3. The molecule has 0 atom stereocenters. The third-order valence-corrected chi connectivity index (χ3v) is 5.13. The van der Waals surface area contributed by atoms with Gasteiger partial charge in [-0.25, -0.2) is 4.79 Å². The van der Waals surface area contributed by atoms with Crippen LogP contribution in [-0.4, -0.2) is 36.2 Å². The molecule has 3 rings (SSSR count). The van der Waals surface area contributed by atoms with Crippen LogP contribution in [-0.2, 0) is 16.1 Å². The van der Waals surface area contributed by atoms with Gasteiger partial charge in [-0.1, -0.05) is 72.3 Å². The second-order valence-electron chi connectivity index (χ2n) is 7.49. The molecule has 5 heteroatoms. The molecular formula is C26H25NO4. The van der Waals surface area contributed by atoms with Gasteiger partial charge in [0.05, 0.1) is 5.56 Å². The highest BCUT2D eigenvalue weighted by molar-refractivity contribution is 6.14. The van der Waals surface area contributed by atoms with Crippen molar-refractivity contribution in [2.75, 3.05) is 13.7 Å². The van der Waals surface area contributed by atoms with Gasteiger partial charge in [-0.15, -0.1) is 0 Å². The van der Waals surface area contributed by atoms with E-state index in [0.717, 1.165) is 16.7 Å². The molecule has 0 heterocycles. The first-order chi connectivity index (χ1) is 14.9. The van der Waals surface area contributed by atoms with Crippen LogP contribution in [0.3, 0.4) is 0 Å². The van der Waals surface area contributed by atoms with Gasteiger partial charge in [-0.05, 0) is 31.0 Å². The van der Waals surface area contributed by atoms with Crippen molar-refractivity contribution in [2.24, 2.45) is 0 Å². The van der Waals surface area contributed by atoms with Crippen molar-refractivity contribution in [2.45, 2.75) is 20.4 Å². The third-order valence-electron chi connectivity index (χ3n) is 5.13. The van der Waals surface area contributed by atoms with Gasteiger partial charge in [0.15, 0.2) is 12.4 Å². The molecule has 0 fully saturated rings. The fourth-order valence-electron chi connectivity index (χ4n) is 3.17. The van der Waals surface area contributed by atoms with Crippen LogP contribution in [0.2, 0.25) is 0 Å². The number of hydrogen-bond donors (Lipinski definition) is 0. The predicted octanol–water partition coefficient (Wildman–Crippen LogP) is 4.35. The summed E-state index contributed by atoms with van der Waals surface area (Å²) in [4.78, 5) is 39.5. The number of nitrogens with zero attached hydrogens (tertiary/aromatic N) is 1. The zero-order valence-electron chi connectivity index (χ0n) is 17.9. The van der Waals surface area contributed by atoms with E-state index >= 15 is 0 Å². The largest absolute Gasteiger partial charge is 0.452 e. The van der Waals surface area contributed by atoms with Crippen LogP contribution in [0.15, 0.2) is 72.8 Å². The van der Waals surface area contributed by atoms with Crippen molar-refractivity contribution in [3.05, 3.63) is 106 Å². The number of aryl methyl sites for hydroxylation is 2. The number of rotatable bonds is 7. The maximum absolute atomic E-state index is 12.9. The first-order valence-corrected chi connectivity index (χ1v) is 10.0. The van der Waals surface area contributed by atoms with Gasteiger partial charge in [0.25, 0.3) is 5.91 Å². The summed E-state index contributed by atoms with van der Waals surface area (Å²) in [6.45, 7) is 3.95. The minimum absolute atomic E-state index is 0.141. The summed E-state index contributed by atoms with van der Waals surface area (Å²) in [6, 6.07) is 21.4. The van der Waals surface area contributed by atoms with Gasteiger partial charge >= 0.3 is 5.97 Å². The van der Waals surface area contributed by atoms with Crippen molar-refractivity contribution in [1.82, 2.24) is 4.90 Å². The van der Waals surface area contributed by atoms with Crippen molar-refractivity contribution in [3.8, 4) is 0 Å². The van der Waals surface area contributed by atoms with Crippen LogP contribution in [0.1, 0.15) is 43.0 Å². The van der Waals surface area contributed by atoms with E-state index in [-0.39, 0.29) is 22.8 Å². The Bertz CT molecular complexity index is 1100. The zero-order valence-corrected chi connectivity index (χ0v) is 17.9. The summed E-state index contributed by atoms with van der Waals surface area (Å²) in [5.41, 5.74) is 4.03. The summed E-state index contributed by atoms with van der Waals surface area (Å²) in [6.07, 6.45) is 0. The summed E-state index contributed by atoms with van der Waals surface area (Å²) in [7, 11) is 1.66. The molecule has 5 nitrogen and oxygen atoms in total. The number of esters is 1. The zero-order chi connectivity index (χ0) is 22.4. The van der Waals surface area contributed by atoms with Gasteiger partial charge in [0.1, 0.15) is 0 Å². The van der Waals surface area contributed by atoms with Gasteiger partial charge in [-0.2, -0.15) is 0 Å². The fraction of sp³-hybridized carbons (Fsp3) is 0.192. The molecule has 0 bridgehead atoms. The molecule has 0 N–H and O–H groups in total. The van der Waals surface area contributed by atoms with E-state index in [1.54, 1.807) is 37.4 Å². The molecule has 0 aromatic heterocycles. The first kappa shape index (κ1) is 22.0. The van der Waals surface area contributed by atoms with E-state index in [0.29, 0.717) is 12.1 Å². The summed E-state index contributed by atoms with van der Waals surface area (Å²) in [5.74, 6) is -1.29. The Hall–Kier alpha value is -3.73.